The molecule has 2 aromatic rings. The Morgan fingerprint density at radius 3 is 2.62 bits per heavy atom. The number of ketones is 1. The lowest BCUT2D eigenvalue weighted by molar-refractivity contribution is -0.387. The van der Waals surface area contributed by atoms with Crippen LogP contribution < -0.4 is 0 Å². The summed E-state index contributed by atoms with van der Waals surface area (Å²) in [5, 5.41) is 11.1. The zero-order valence-corrected chi connectivity index (χ0v) is 12.6. The zero-order chi connectivity index (χ0) is 15.4. The van der Waals surface area contributed by atoms with Gasteiger partial charge < -0.3 is 0 Å². The van der Waals surface area contributed by atoms with E-state index in [1.54, 1.807) is 12.1 Å². The molecule has 0 amide bonds. The molecule has 0 atom stereocenters. The van der Waals surface area contributed by atoms with Crippen molar-refractivity contribution in [2.24, 2.45) is 0 Å². The van der Waals surface area contributed by atoms with Crippen LogP contribution in [-0.4, -0.2) is 10.7 Å². The van der Waals surface area contributed by atoms with E-state index in [9.17, 15) is 14.9 Å². The second kappa shape index (κ2) is 6.54. The van der Waals surface area contributed by atoms with Crippen molar-refractivity contribution in [3.8, 4) is 0 Å². The van der Waals surface area contributed by atoms with Gasteiger partial charge in [0.1, 0.15) is 0 Å². The SMILES string of the molecule is CC(=O)c1ccc(SCc2cccc(C)c2)c([N+](=O)[O-])c1. The highest BCUT2D eigenvalue weighted by atomic mass is 32.2. The lowest BCUT2D eigenvalue weighted by Crippen LogP contribution is -1.97. The number of nitrogens with zero attached hydrogens (tertiary/aromatic N) is 1. The van der Waals surface area contributed by atoms with Crippen molar-refractivity contribution >= 4 is 23.2 Å². The molecule has 0 aliphatic carbocycles. The van der Waals surface area contributed by atoms with Crippen molar-refractivity contribution in [1.29, 1.82) is 0 Å². The summed E-state index contributed by atoms with van der Waals surface area (Å²) in [6.07, 6.45) is 0. The van der Waals surface area contributed by atoms with Crippen LogP contribution in [0.4, 0.5) is 5.69 Å². The molecule has 2 rings (SSSR count). The van der Waals surface area contributed by atoms with Crippen molar-refractivity contribution < 1.29 is 9.72 Å². The zero-order valence-electron chi connectivity index (χ0n) is 11.8. The first-order valence-corrected chi connectivity index (χ1v) is 7.43. The Morgan fingerprint density at radius 2 is 2.00 bits per heavy atom. The van der Waals surface area contributed by atoms with Gasteiger partial charge in [-0.05, 0) is 31.5 Å². The molecule has 0 radical (unpaired) electrons. The number of carbonyl (C=O) groups is 1. The molecule has 0 spiro atoms. The molecule has 0 saturated carbocycles. The Hall–Kier alpha value is -2.14. The quantitative estimate of drug-likeness (QED) is 0.355. The molecule has 0 N–H and O–H groups in total. The summed E-state index contributed by atoms with van der Waals surface area (Å²) in [6.45, 7) is 3.41. The van der Waals surface area contributed by atoms with Crippen molar-refractivity contribution in [2.45, 2.75) is 24.5 Å². The Balaban J connectivity index is 2.23. The van der Waals surface area contributed by atoms with E-state index in [4.69, 9.17) is 0 Å². The largest absolute Gasteiger partial charge is 0.295 e. The number of nitro benzene ring substituents is 1. The third kappa shape index (κ3) is 3.92. The van der Waals surface area contributed by atoms with Gasteiger partial charge in [0.05, 0.1) is 9.82 Å². The number of rotatable bonds is 5. The molecule has 108 valence electrons. The Labute approximate surface area is 127 Å². The van der Waals surface area contributed by atoms with Crippen LogP contribution in [0.3, 0.4) is 0 Å². The molecule has 4 nitrogen and oxygen atoms in total. The van der Waals surface area contributed by atoms with Crippen molar-refractivity contribution in [2.75, 3.05) is 0 Å². The average molecular weight is 301 g/mol. The van der Waals surface area contributed by atoms with E-state index in [1.807, 2.05) is 25.1 Å². The van der Waals surface area contributed by atoms with E-state index in [0.29, 0.717) is 16.2 Å². The Morgan fingerprint density at radius 1 is 1.24 bits per heavy atom. The van der Waals surface area contributed by atoms with Crippen LogP contribution in [-0.2, 0) is 5.75 Å². The van der Waals surface area contributed by atoms with Crippen molar-refractivity contribution in [3.63, 3.8) is 0 Å². The maximum absolute atomic E-state index is 11.3. The molecule has 0 fully saturated rings. The Kier molecular flexibility index (Phi) is 4.75. The molecule has 0 aliphatic heterocycles. The van der Waals surface area contributed by atoms with Gasteiger partial charge >= 0.3 is 0 Å². The average Bonchev–Trinajstić information content (AvgIpc) is 2.44. The number of Topliss-reactive ketones (excluding diaryl/α,β-unsaturated/α-hetero) is 1. The first kappa shape index (κ1) is 15.3. The number of thioether (sulfide) groups is 1. The summed E-state index contributed by atoms with van der Waals surface area (Å²) in [5.41, 5.74) is 2.63. The summed E-state index contributed by atoms with van der Waals surface area (Å²) >= 11 is 1.40. The fourth-order valence-electron chi connectivity index (χ4n) is 1.96. The standard InChI is InChI=1S/C16H15NO3S/c1-11-4-3-5-13(8-11)10-21-16-7-6-14(12(2)18)9-15(16)17(19)20/h3-9H,10H2,1-2H3. The van der Waals surface area contributed by atoms with Crippen LogP contribution >= 0.6 is 11.8 Å². The van der Waals surface area contributed by atoms with Gasteiger partial charge in [0.15, 0.2) is 5.78 Å². The van der Waals surface area contributed by atoms with Gasteiger partial charge in [-0.25, -0.2) is 0 Å². The van der Waals surface area contributed by atoms with Gasteiger partial charge in [-0.2, -0.15) is 0 Å². The van der Waals surface area contributed by atoms with Crippen LogP contribution in [0.2, 0.25) is 0 Å². The summed E-state index contributed by atoms with van der Waals surface area (Å²) < 4.78 is 0. The molecule has 5 heteroatoms. The molecule has 0 saturated heterocycles. The molecule has 2 aromatic carbocycles. The maximum atomic E-state index is 11.3. The monoisotopic (exact) mass is 301 g/mol. The van der Waals surface area contributed by atoms with E-state index in [2.05, 4.69) is 6.07 Å². The smallest absolute Gasteiger partial charge is 0.283 e. The molecule has 0 aliphatic rings. The topological polar surface area (TPSA) is 60.2 Å². The van der Waals surface area contributed by atoms with Crippen LogP contribution in [0.15, 0.2) is 47.4 Å². The first-order valence-electron chi connectivity index (χ1n) is 6.45. The van der Waals surface area contributed by atoms with Crippen molar-refractivity contribution in [1.82, 2.24) is 0 Å². The Bertz CT molecular complexity index is 698. The predicted molar refractivity (Wildman–Crippen MR) is 83.8 cm³/mol. The van der Waals surface area contributed by atoms with Gasteiger partial charge in [-0.3, -0.25) is 14.9 Å². The van der Waals surface area contributed by atoms with Crippen LogP contribution in [0.25, 0.3) is 0 Å². The number of hydrogen-bond acceptors (Lipinski definition) is 4. The molecular weight excluding hydrogens is 286 g/mol. The second-order valence-electron chi connectivity index (χ2n) is 4.77. The molecule has 0 unspecified atom stereocenters. The number of nitro groups is 1. The minimum Gasteiger partial charge on any atom is -0.295 e. The van der Waals surface area contributed by atoms with Gasteiger partial charge in [-0.1, -0.05) is 29.8 Å². The van der Waals surface area contributed by atoms with E-state index in [0.717, 1.165) is 11.1 Å². The van der Waals surface area contributed by atoms with E-state index in [1.165, 1.54) is 24.8 Å². The lowest BCUT2D eigenvalue weighted by atomic mass is 10.1. The highest BCUT2D eigenvalue weighted by molar-refractivity contribution is 7.98. The van der Waals surface area contributed by atoms with Gasteiger partial charge in [0.25, 0.3) is 5.69 Å². The first-order chi connectivity index (χ1) is 9.97. The van der Waals surface area contributed by atoms with Gasteiger partial charge in [0, 0.05) is 17.4 Å². The highest BCUT2D eigenvalue weighted by Crippen LogP contribution is 2.32. The number of carbonyl (C=O) groups excluding carboxylic acids is 1. The molecular formula is C16H15NO3S. The third-order valence-electron chi connectivity index (χ3n) is 3.04. The molecule has 0 aromatic heterocycles. The minimum atomic E-state index is -0.439. The summed E-state index contributed by atoms with van der Waals surface area (Å²) in [4.78, 5) is 22.6. The summed E-state index contributed by atoms with van der Waals surface area (Å²) in [5.74, 6) is 0.482. The second-order valence-corrected chi connectivity index (χ2v) is 5.79. The third-order valence-corrected chi connectivity index (χ3v) is 4.17. The van der Waals surface area contributed by atoms with Crippen molar-refractivity contribution in [3.05, 3.63) is 69.3 Å². The number of hydrogen-bond donors (Lipinski definition) is 0. The van der Waals surface area contributed by atoms with E-state index < -0.39 is 4.92 Å². The summed E-state index contributed by atoms with van der Waals surface area (Å²) in [7, 11) is 0. The van der Waals surface area contributed by atoms with Crippen LogP contribution in [0.1, 0.15) is 28.4 Å². The van der Waals surface area contributed by atoms with Crippen LogP contribution in [0, 0.1) is 17.0 Å². The summed E-state index contributed by atoms with van der Waals surface area (Å²) in [6, 6.07) is 12.7. The van der Waals surface area contributed by atoms with E-state index >= 15 is 0 Å². The predicted octanol–water partition coefficient (Wildman–Crippen LogP) is 4.40. The maximum Gasteiger partial charge on any atom is 0.283 e. The molecule has 0 bridgehead atoms. The van der Waals surface area contributed by atoms with E-state index in [-0.39, 0.29) is 11.5 Å². The normalized spacial score (nSPS) is 10.4. The fraction of sp³-hybridized carbons (Fsp3) is 0.188. The number of benzene rings is 2. The lowest BCUT2D eigenvalue weighted by Gasteiger charge is -2.05. The molecule has 0 heterocycles. The van der Waals surface area contributed by atoms with Gasteiger partial charge in [0.2, 0.25) is 0 Å². The van der Waals surface area contributed by atoms with Gasteiger partial charge in [-0.15, -0.1) is 11.8 Å². The van der Waals surface area contributed by atoms with Crippen LogP contribution in [0.5, 0.6) is 0 Å². The molecule has 21 heavy (non-hydrogen) atoms. The fourth-order valence-corrected chi connectivity index (χ4v) is 2.91. The number of aryl methyl sites for hydroxylation is 1. The minimum absolute atomic E-state index is 0.0136. The highest BCUT2D eigenvalue weighted by Gasteiger charge is 2.16.